The van der Waals surface area contributed by atoms with Gasteiger partial charge in [0, 0.05) is 6.42 Å². The molecule has 0 aromatic carbocycles. The molecule has 1 heterocycles. The van der Waals surface area contributed by atoms with Crippen LogP contribution in [0.1, 0.15) is 65.7 Å². The molecule has 4 fully saturated rings. The lowest BCUT2D eigenvalue weighted by molar-refractivity contribution is -0.182. The minimum atomic E-state index is -0.502. The number of hydrogen-bond acceptors (Lipinski definition) is 3. The average Bonchev–Trinajstić information content (AvgIpc) is 2.69. The first-order chi connectivity index (χ1) is 10.3. The standard InChI is InChI=1S/C19H30O3/c1-11-10-15-12(4-5-16(20)22-15)13-6-8-18(2)14(17(11)13)7-9-19(18,3)21/h11-15,17,21H,4-10H2,1-3H3/t11-,12-,13-,14+,15?,17-,18+,19+/m1/s1. The highest BCUT2D eigenvalue weighted by Gasteiger charge is 2.62. The molecular weight excluding hydrogens is 276 g/mol. The number of fused-ring (bicyclic) bond motifs is 5. The summed E-state index contributed by atoms with van der Waals surface area (Å²) in [5, 5.41) is 10.9. The van der Waals surface area contributed by atoms with E-state index in [0.717, 1.165) is 25.7 Å². The van der Waals surface area contributed by atoms with Crippen molar-refractivity contribution in [2.45, 2.75) is 77.4 Å². The zero-order chi connectivity index (χ0) is 15.7. The molecule has 0 amide bonds. The minimum absolute atomic E-state index is 0.0105. The van der Waals surface area contributed by atoms with Gasteiger partial charge in [-0.2, -0.15) is 0 Å². The molecule has 0 bridgehead atoms. The Hall–Kier alpha value is -0.570. The molecule has 3 nitrogen and oxygen atoms in total. The van der Waals surface area contributed by atoms with E-state index in [2.05, 4.69) is 20.8 Å². The van der Waals surface area contributed by atoms with E-state index < -0.39 is 5.60 Å². The minimum Gasteiger partial charge on any atom is -0.462 e. The molecule has 22 heavy (non-hydrogen) atoms. The number of hydrogen-bond donors (Lipinski definition) is 1. The monoisotopic (exact) mass is 306 g/mol. The van der Waals surface area contributed by atoms with Crippen molar-refractivity contribution in [2.75, 3.05) is 0 Å². The van der Waals surface area contributed by atoms with Gasteiger partial charge < -0.3 is 9.84 Å². The second kappa shape index (κ2) is 4.72. The van der Waals surface area contributed by atoms with Crippen molar-refractivity contribution < 1.29 is 14.6 Å². The third-order valence-electron chi connectivity index (χ3n) is 8.20. The second-order valence-electron chi connectivity index (χ2n) is 9.06. The lowest BCUT2D eigenvalue weighted by Gasteiger charge is -2.58. The van der Waals surface area contributed by atoms with E-state index in [1.165, 1.54) is 12.8 Å². The average molecular weight is 306 g/mol. The van der Waals surface area contributed by atoms with Gasteiger partial charge in [0.15, 0.2) is 0 Å². The molecule has 1 N–H and O–H groups in total. The summed E-state index contributed by atoms with van der Waals surface area (Å²) in [4.78, 5) is 11.6. The fourth-order valence-corrected chi connectivity index (χ4v) is 6.81. The Morgan fingerprint density at radius 3 is 2.68 bits per heavy atom. The Morgan fingerprint density at radius 2 is 1.91 bits per heavy atom. The van der Waals surface area contributed by atoms with Crippen LogP contribution in [0.3, 0.4) is 0 Å². The number of carbonyl (C=O) groups excluding carboxylic acids is 1. The first kappa shape index (κ1) is 15.0. The van der Waals surface area contributed by atoms with Crippen LogP contribution >= 0.6 is 0 Å². The van der Waals surface area contributed by atoms with Crippen LogP contribution in [0.5, 0.6) is 0 Å². The summed E-state index contributed by atoms with van der Waals surface area (Å²) in [6.07, 6.45) is 7.30. The highest BCUT2D eigenvalue weighted by molar-refractivity contribution is 5.70. The van der Waals surface area contributed by atoms with Crippen molar-refractivity contribution in [3.63, 3.8) is 0 Å². The van der Waals surface area contributed by atoms with Crippen molar-refractivity contribution in [2.24, 2.45) is 35.0 Å². The Labute approximate surface area is 133 Å². The van der Waals surface area contributed by atoms with Gasteiger partial charge in [-0.25, -0.2) is 0 Å². The van der Waals surface area contributed by atoms with Crippen LogP contribution in [0, 0.1) is 35.0 Å². The molecule has 3 heteroatoms. The lowest BCUT2D eigenvalue weighted by atomic mass is 9.49. The highest BCUT2D eigenvalue weighted by atomic mass is 16.5. The van der Waals surface area contributed by atoms with E-state index in [-0.39, 0.29) is 17.5 Å². The summed E-state index contributed by atoms with van der Waals surface area (Å²) in [5.74, 6) is 3.26. The zero-order valence-electron chi connectivity index (χ0n) is 14.2. The maximum Gasteiger partial charge on any atom is 0.306 e. The largest absolute Gasteiger partial charge is 0.462 e. The molecule has 1 saturated heterocycles. The summed E-state index contributed by atoms with van der Waals surface area (Å²) in [6, 6.07) is 0. The van der Waals surface area contributed by atoms with Crippen LogP contribution in [0.4, 0.5) is 0 Å². The quantitative estimate of drug-likeness (QED) is 0.696. The molecule has 8 atom stereocenters. The first-order valence-electron chi connectivity index (χ1n) is 9.25. The third-order valence-corrected chi connectivity index (χ3v) is 8.20. The SMILES string of the molecule is C[C@@H]1CC2OC(=O)CC[C@@H]2[C@H]2CC[C@@]3(C)[C@@H](CC[C@]3(C)O)[C@@H]21. The van der Waals surface area contributed by atoms with Gasteiger partial charge in [0.1, 0.15) is 6.10 Å². The predicted molar refractivity (Wildman–Crippen MR) is 84.1 cm³/mol. The van der Waals surface area contributed by atoms with E-state index in [1.807, 2.05) is 0 Å². The summed E-state index contributed by atoms with van der Waals surface area (Å²) >= 11 is 0. The highest BCUT2D eigenvalue weighted by Crippen LogP contribution is 2.65. The molecular formula is C19H30O3. The zero-order valence-corrected chi connectivity index (χ0v) is 14.2. The maximum absolute atomic E-state index is 11.6. The molecule has 0 radical (unpaired) electrons. The number of rotatable bonds is 0. The van der Waals surface area contributed by atoms with Crippen molar-refractivity contribution in [3.05, 3.63) is 0 Å². The van der Waals surface area contributed by atoms with Gasteiger partial charge in [0.25, 0.3) is 0 Å². The molecule has 4 aliphatic rings. The van der Waals surface area contributed by atoms with E-state index in [9.17, 15) is 9.90 Å². The molecule has 1 aliphatic heterocycles. The number of aliphatic hydroxyl groups is 1. The van der Waals surface area contributed by atoms with Crippen molar-refractivity contribution in [1.82, 2.24) is 0 Å². The smallest absolute Gasteiger partial charge is 0.306 e. The fraction of sp³-hybridized carbons (Fsp3) is 0.947. The van der Waals surface area contributed by atoms with Crippen LogP contribution in [0.2, 0.25) is 0 Å². The summed E-state index contributed by atoms with van der Waals surface area (Å²) in [5.41, 5.74) is -0.418. The van der Waals surface area contributed by atoms with E-state index in [1.54, 1.807) is 0 Å². The molecule has 4 rings (SSSR count). The fourth-order valence-electron chi connectivity index (χ4n) is 6.81. The predicted octanol–water partition coefficient (Wildman–Crippen LogP) is 3.54. The molecule has 3 aliphatic carbocycles. The number of ether oxygens (including phenoxy) is 1. The molecule has 3 saturated carbocycles. The number of esters is 1. The van der Waals surface area contributed by atoms with Gasteiger partial charge in [-0.15, -0.1) is 0 Å². The molecule has 0 aromatic rings. The Bertz CT molecular complexity index is 485. The molecule has 0 spiro atoms. The molecule has 0 aromatic heterocycles. The van der Waals surface area contributed by atoms with Crippen LogP contribution < -0.4 is 0 Å². The van der Waals surface area contributed by atoms with Gasteiger partial charge in [-0.3, -0.25) is 4.79 Å². The normalized spacial score (nSPS) is 57.5. The van der Waals surface area contributed by atoms with Crippen LogP contribution in [-0.4, -0.2) is 22.8 Å². The van der Waals surface area contributed by atoms with Gasteiger partial charge >= 0.3 is 5.97 Å². The Morgan fingerprint density at radius 1 is 1.14 bits per heavy atom. The van der Waals surface area contributed by atoms with Gasteiger partial charge in [0.2, 0.25) is 0 Å². The molecule has 124 valence electrons. The topological polar surface area (TPSA) is 46.5 Å². The van der Waals surface area contributed by atoms with Gasteiger partial charge in [0.05, 0.1) is 5.60 Å². The second-order valence-corrected chi connectivity index (χ2v) is 9.06. The first-order valence-corrected chi connectivity index (χ1v) is 9.25. The van der Waals surface area contributed by atoms with Crippen LogP contribution in [0.25, 0.3) is 0 Å². The van der Waals surface area contributed by atoms with Crippen LogP contribution in [-0.2, 0) is 9.53 Å². The van der Waals surface area contributed by atoms with Crippen LogP contribution in [0.15, 0.2) is 0 Å². The summed E-state index contributed by atoms with van der Waals surface area (Å²) < 4.78 is 5.70. The lowest BCUT2D eigenvalue weighted by Crippen LogP contribution is -2.56. The van der Waals surface area contributed by atoms with Crippen molar-refractivity contribution in [1.29, 1.82) is 0 Å². The Balaban J connectivity index is 1.64. The third kappa shape index (κ3) is 1.87. The Kier molecular flexibility index (Phi) is 3.21. The van der Waals surface area contributed by atoms with Gasteiger partial charge in [-0.05, 0) is 80.5 Å². The van der Waals surface area contributed by atoms with E-state index in [4.69, 9.17) is 4.74 Å². The summed E-state index contributed by atoms with van der Waals surface area (Å²) in [6.45, 7) is 6.75. The molecule has 1 unspecified atom stereocenters. The van der Waals surface area contributed by atoms with Gasteiger partial charge in [-0.1, -0.05) is 13.8 Å². The number of carbonyl (C=O) groups is 1. The van der Waals surface area contributed by atoms with Crippen molar-refractivity contribution >= 4 is 5.97 Å². The maximum atomic E-state index is 11.6. The van der Waals surface area contributed by atoms with Crippen molar-refractivity contribution in [3.8, 4) is 0 Å². The van der Waals surface area contributed by atoms with E-state index in [0.29, 0.717) is 36.0 Å². The summed E-state index contributed by atoms with van der Waals surface area (Å²) in [7, 11) is 0. The van der Waals surface area contributed by atoms with E-state index >= 15 is 0 Å².